The molecule has 2 aromatic rings. The van der Waals surface area contributed by atoms with E-state index in [1.54, 1.807) is 6.92 Å². The van der Waals surface area contributed by atoms with Gasteiger partial charge in [0.2, 0.25) is 11.8 Å². The maximum atomic E-state index is 12.2. The van der Waals surface area contributed by atoms with Gasteiger partial charge in [-0.2, -0.15) is 0 Å². The van der Waals surface area contributed by atoms with E-state index in [1.807, 2.05) is 0 Å². The van der Waals surface area contributed by atoms with E-state index in [0.29, 0.717) is 67.0 Å². The maximum Gasteiger partial charge on any atom is 1.00 e. The summed E-state index contributed by atoms with van der Waals surface area (Å²) < 4.78 is 15.9. The van der Waals surface area contributed by atoms with Gasteiger partial charge in [-0.25, -0.2) is 4.79 Å². The predicted octanol–water partition coefficient (Wildman–Crippen LogP) is 1.34. The van der Waals surface area contributed by atoms with Crippen LogP contribution in [0.15, 0.2) is 0 Å². The van der Waals surface area contributed by atoms with Gasteiger partial charge in [-0.15, -0.1) is 22.7 Å². The summed E-state index contributed by atoms with van der Waals surface area (Å²) in [5.41, 5.74) is 8.36. The van der Waals surface area contributed by atoms with E-state index in [1.165, 1.54) is 22.7 Å². The third kappa shape index (κ3) is 7.51. The van der Waals surface area contributed by atoms with Crippen molar-refractivity contribution >= 4 is 56.4 Å². The van der Waals surface area contributed by atoms with Crippen molar-refractivity contribution in [3.63, 3.8) is 0 Å². The fourth-order valence-electron chi connectivity index (χ4n) is 4.44. The van der Waals surface area contributed by atoms with Crippen molar-refractivity contribution in [2.75, 3.05) is 30.5 Å². The Morgan fingerprint density at radius 2 is 1.30 bits per heavy atom. The van der Waals surface area contributed by atoms with Crippen molar-refractivity contribution in [3.8, 4) is 0 Å². The van der Waals surface area contributed by atoms with Gasteiger partial charge in [-0.1, -0.05) is 0 Å². The molecule has 6 rings (SSSR count). The SMILES string of the molecule is CCOC(=O)c1c(NC(=O)C2CC2)sc2c1CCOC2.NC(=O)c1c(NC(=O)C2CC2)sc2c1CCOC2.[NH2-].[Na+]. The Hall–Kier alpha value is -1.84. The molecule has 3 amide bonds. The number of hydrogen-bond acceptors (Lipinski definition) is 9. The van der Waals surface area contributed by atoms with Gasteiger partial charge in [-0.05, 0) is 56.6 Å². The van der Waals surface area contributed by atoms with Crippen molar-refractivity contribution in [1.82, 2.24) is 0 Å². The van der Waals surface area contributed by atoms with Crippen molar-refractivity contribution in [2.45, 2.75) is 58.7 Å². The van der Waals surface area contributed by atoms with Gasteiger partial charge < -0.3 is 36.7 Å². The zero-order valence-corrected chi connectivity index (χ0v) is 26.4. The number of nitrogens with two attached hydrogens (primary N) is 2. The molecule has 6 N–H and O–H groups in total. The average Bonchev–Trinajstić information content (AvgIpc) is 3.82. The predicted molar refractivity (Wildman–Crippen MR) is 148 cm³/mol. The number of ether oxygens (including phenoxy) is 3. The molecule has 2 aliphatic heterocycles. The Labute approximate surface area is 262 Å². The third-order valence-electron chi connectivity index (χ3n) is 6.74. The van der Waals surface area contributed by atoms with Crippen molar-refractivity contribution in [3.05, 3.63) is 38.2 Å². The summed E-state index contributed by atoms with van der Waals surface area (Å²) in [5, 5.41) is 6.94. The van der Waals surface area contributed by atoms with Crippen molar-refractivity contribution < 1.29 is 62.9 Å². The van der Waals surface area contributed by atoms with Crippen LogP contribution in [0.4, 0.5) is 10.0 Å². The maximum absolute atomic E-state index is 12.2. The topological polar surface area (TPSA) is 180 Å². The Morgan fingerprint density at radius 1 is 0.850 bits per heavy atom. The number of esters is 1. The quantitative estimate of drug-likeness (QED) is 0.317. The van der Waals surface area contributed by atoms with E-state index in [-0.39, 0.29) is 65.3 Å². The number of primary amides is 1. The molecule has 0 atom stereocenters. The molecule has 4 heterocycles. The number of carbonyl (C=O) groups excluding carboxylic acids is 4. The number of fused-ring (bicyclic) bond motifs is 2. The van der Waals surface area contributed by atoms with E-state index in [2.05, 4.69) is 10.6 Å². The van der Waals surface area contributed by atoms with Gasteiger partial charge >= 0.3 is 35.5 Å². The molecule has 0 aromatic carbocycles. The molecule has 2 fully saturated rings. The summed E-state index contributed by atoms with van der Waals surface area (Å²) in [4.78, 5) is 49.4. The standard InChI is InChI=1S/C14H17NO4S.C12H14N2O3S.H2N.Na/c1-2-19-14(17)11-9-5-6-18-7-10(9)20-13(11)15-12(16)8-3-4-8;13-10(15)9-7-3-4-17-5-8(7)18-12(9)14-11(16)6-1-2-6;;/h8H,2-7H2,1H3,(H,15,16);6H,1-5H2,(H2,13,15)(H,14,16);1H2;/q;;-1;+1. The first kappa shape index (κ1) is 32.7. The largest absolute Gasteiger partial charge is 1.00 e. The first-order valence-corrected chi connectivity index (χ1v) is 14.5. The Morgan fingerprint density at radius 3 is 1.73 bits per heavy atom. The summed E-state index contributed by atoms with van der Waals surface area (Å²) in [6.07, 6.45) is 5.13. The van der Waals surface area contributed by atoms with E-state index in [9.17, 15) is 19.2 Å². The number of anilines is 2. The first-order chi connectivity index (χ1) is 18.4. The molecule has 0 spiro atoms. The van der Waals surface area contributed by atoms with Gasteiger partial charge in [0.15, 0.2) is 0 Å². The minimum atomic E-state index is -0.472. The molecule has 14 heteroatoms. The molecular weight excluding hydrogens is 567 g/mol. The molecule has 11 nitrogen and oxygen atoms in total. The van der Waals surface area contributed by atoms with Crippen LogP contribution in [0.2, 0.25) is 0 Å². The second-order valence-corrected chi connectivity index (χ2v) is 11.8. The molecule has 0 saturated heterocycles. The van der Waals surface area contributed by atoms with Gasteiger partial charge in [0.1, 0.15) is 10.0 Å². The fourth-order valence-corrected chi connectivity index (χ4v) is 6.81. The second kappa shape index (κ2) is 14.4. The summed E-state index contributed by atoms with van der Waals surface area (Å²) >= 11 is 2.84. The van der Waals surface area contributed by atoms with Crippen LogP contribution in [0.5, 0.6) is 0 Å². The molecule has 212 valence electrons. The van der Waals surface area contributed by atoms with Gasteiger partial charge in [0, 0.05) is 21.6 Å². The molecule has 0 bridgehead atoms. The third-order valence-corrected chi connectivity index (χ3v) is 8.98. The van der Waals surface area contributed by atoms with E-state index in [4.69, 9.17) is 19.9 Å². The van der Waals surface area contributed by atoms with Crippen LogP contribution >= 0.6 is 22.7 Å². The fraction of sp³-hybridized carbons (Fsp3) is 0.538. The summed E-state index contributed by atoms with van der Waals surface area (Å²) in [7, 11) is 0. The number of amides is 3. The monoisotopic (exact) mass is 600 g/mol. The minimum Gasteiger partial charge on any atom is -0.693 e. The number of hydrogen-bond donors (Lipinski definition) is 3. The van der Waals surface area contributed by atoms with Gasteiger partial charge in [0.25, 0.3) is 5.91 Å². The first-order valence-electron chi connectivity index (χ1n) is 12.9. The van der Waals surface area contributed by atoms with Crippen LogP contribution in [0.25, 0.3) is 6.15 Å². The molecule has 4 aliphatic rings. The van der Waals surface area contributed by atoms with Crippen LogP contribution in [0.3, 0.4) is 0 Å². The summed E-state index contributed by atoms with van der Waals surface area (Å²) in [6.45, 7) is 4.32. The molecular formula is C26H33N4NaO7S2. The van der Waals surface area contributed by atoms with Crippen molar-refractivity contribution in [1.29, 1.82) is 0 Å². The number of nitrogens with one attached hydrogen (secondary N) is 2. The van der Waals surface area contributed by atoms with Crippen LogP contribution < -0.4 is 45.9 Å². The van der Waals surface area contributed by atoms with Crippen molar-refractivity contribution in [2.24, 2.45) is 17.6 Å². The molecule has 40 heavy (non-hydrogen) atoms. The van der Waals surface area contributed by atoms with E-state index in [0.717, 1.165) is 46.6 Å². The average molecular weight is 601 g/mol. The normalized spacial score (nSPS) is 16.9. The summed E-state index contributed by atoms with van der Waals surface area (Å²) in [5.74, 6) is -0.591. The molecule has 2 saturated carbocycles. The zero-order valence-electron chi connectivity index (χ0n) is 22.8. The number of thiophene rings is 2. The van der Waals surface area contributed by atoms with Gasteiger partial charge in [0.05, 0.1) is 44.2 Å². The second-order valence-electron chi connectivity index (χ2n) is 9.63. The van der Waals surface area contributed by atoms with Crippen LogP contribution in [0, 0.1) is 11.8 Å². The summed E-state index contributed by atoms with van der Waals surface area (Å²) in [6, 6.07) is 0. The minimum absolute atomic E-state index is 0. The Balaban J connectivity index is 0.000000211. The molecule has 0 radical (unpaired) electrons. The van der Waals surface area contributed by atoms with E-state index >= 15 is 0 Å². The Kier molecular flexibility index (Phi) is 11.7. The smallest absolute Gasteiger partial charge is 0.693 e. The van der Waals surface area contributed by atoms with E-state index < -0.39 is 5.91 Å². The molecule has 2 aliphatic carbocycles. The number of carbonyl (C=O) groups is 4. The van der Waals surface area contributed by atoms with Crippen LogP contribution in [0.1, 0.15) is 74.2 Å². The molecule has 0 unspecified atom stereocenters. The molecule has 2 aromatic heterocycles. The van der Waals surface area contributed by atoms with Crippen LogP contribution in [-0.2, 0) is 49.9 Å². The Bertz CT molecular complexity index is 1270. The number of rotatable bonds is 7. The van der Waals surface area contributed by atoms with Crippen LogP contribution in [-0.4, -0.2) is 43.5 Å². The van der Waals surface area contributed by atoms with Gasteiger partial charge in [-0.3, -0.25) is 14.4 Å². The zero-order chi connectivity index (χ0) is 26.8.